The molecule has 0 spiro atoms. The van der Waals surface area contributed by atoms with Gasteiger partial charge in [0.05, 0.1) is 0 Å². The van der Waals surface area contributed by atoms with Crippen molar-refractivity contribution in [3.8, 4) is 0 Å². The van der Waals surface area contributed by atoms with Crippen molar-refractivity contribution in [3.63, 3.8) is 0 Å². The van der Waals surface area contributed by atoms with Gasteiger partial charge in [-0.3, -0.25) is 0 Å². The summed E-state index contributed by atoms with van der Waals surface area (Å²) in [7, 11) is 0. The Bertz CT molecular complexity index is 590. The third-order valence-corrected chi connectivity index (χ3v) is 6.01. The molecule has 0 atom stereocenters. The first kappa shape index (κ1) is 38.0. The molecule has 15 heteroatoms. The fourth-order valence-electron chi connectivity index (χ4n) is 3.71. The van der Waals surface area contributed by atoms with Crippen LogP contribution < -0.4 is 0 Å². The van der Waals surface area contributed by atoms with Gasteiger partial charge in [0.25, 0.3) is 0 Å². The van der Waals surface area contributed by atoms with Gasteiger partial charge in [0, 0.05) is 25.7 Å². The summed E-state index contributed by atoms with van der Waals surface area (Å²) >= 11 is 0. The molecule has 0 saturated carbocycles. The monoisotopic (exact) mass is 606 g/mol. The fraction of sp³-hybridized carbons (Fsp3) is 1.00. The van der Waals surface area contributed by atoms with E-state index in [1.54, 1.807) is 0 Å². The maximum atomic E-state index is 13.8. The lowest BCUT2D eigenvalue weighted by atomic mass is 10.0. The van der Waals surface area contributed by atoms with Gasteiger partial charge in [0.2, 0.25) is 0 Å². The summed E-state index contributed by atoms with van der Waals surface area (Å²) in [6.45, 7) is 0. The maximum Gasteiger partial charge on any atom is 0.423 e. The van der Waals surface area contributed by atoms with Crippen LogP contribution in [0.3, 0.4) is 0 Å². The van der Waals surface area contributed by atoms with E-state index in [9.17, 15) is 61.5 Å². The second-order valence-corrected chi connectivity index (χ2v) is 9.72. The van der Waals surface area contributed by atoms with Gasteiger partial charge in [-0.1, -0.05) is 64.2 Å². The average molecular weight is 607 g/mol. The first-order valence-corrected chi connectivity index (χ1v) is 13.0. The van der Waals surface area contributed by atoms with Crippen LogP contribution in [0.4, 0.5) is 61.5 Å². The van der Waals surface area contributed by atoms with Crippen LogP contribution in [-0.2, 0) is 4.74 Å². The van der Waals surface area contributed by atoms with Gasteiger partial charge in [-0.2, -0.15) is 61.5 Å². The van der Waals surface area contributed by atoms with Crippen LogP contribution in [0.15, 0.2) is 0 Å². The van der Waals surface area contributed by atoms with Crippen molar-refractivity contribution < 1.29 is 66.2 Å². The van der Waals surface area contributed by atoms with Crippen molar-refractivity contribution >= 4 is 0 Å². The molecular formula is C24H36F14O. The molecule has 39 heavy (non-hydrogen) atoms. The van der Waals surface area contributed by atoms with Crippen molar-refractivity contribution in [2.75, 3.05) is 0 Å². The second kappa shape index (κ2) is 16.4. The Balaban J connectivity index is 4.36. The van der Waals surface area contributed by atoms with Crippen LogP contribution in [0, 0.1) is 0 Å². The molecule has 0 bridgehead atoms. The highest BCUT2D eigenvalue weighted by atomic mass is 19.4. The highest BCUT2D eigenvalue weighted by Gasteiger charge is 2.68. The van der Waals surface area contributed by atoms with Crippen molar-refractivity contribution in [1.29, 1.82) is 0 Å². The van der Waals surface area contributed by atoms with E-state index in [4.69, 9.17) is 0 Å². The molecule has 0 aliphatic rings. The SMILES string of the molecule is FC(F)(F)CCCCCCCCCC(F)(F)C(F)(F)OC(F)(F)C(F)(F)CCCCCCCCCC(F)(F)F. The van der Waals surface area contributed by atoms with E-state index in [2.05, 4.69) is 4.74 Å². The molecule has 0 aliphatic heterocycles. The summed E-state index contributed by atoms with van der Waals surface area (Å²) < 4.78 is 185. The Labute approximate surface area is 219 Å². The number of rotatable bonds is 22. The average Bonchev–Trinajstić information content (AvgIpc) is 2.74. The van der Waals surface area contributed by atoms with Crippen molar-refractivity contribution in [3.05, 3.63) is 0 Å². The highest BCUT2D eigenvalue weighted by Crippen LogP contribution is 2.48. The standard InChI is InChI=1S/C24H36F14O/c25-19(26,15-11-7-3-1-5-9-13-17-21(29,30)31)23(35,36)39-24(37,38)20(27,28)16-12-8-4-2-6-10-14-18-22(32,33)34/h1-18H2. The molecule has 0 radical (unpaired) electrons. The van der Waals surface area contributed by atoms with Crippen molar-refractivity contribution in [1.82, 2.24) is 0 Å². The van der Waals surface area contributed by atoms with Gasteiger partial charge < -0.3 is 0 Å². The van der Waals surface area contributed by atoms with Gasteiger partial charge >= 0.3 is 36.4 Å². The molecule has 0 aliphatic carbocycles. The molecule has 0 aromatic carbocycles. The fourth-order valence-corrected chi connectivity index (χ4v) is 3.71. The van der Waals surface area contributed by atoms with Crippen LogP contribution in [0.2, 0.25) is 0 Å². The predicted octanol–water partition coefficient (Wildman–Crippen LogP) is 11.6. The zero-order chi connectivity index (χ0) is 30.4. The topological polar surface area (TPSA) is 9.23 Å². The molecule has 1 nitrogen and oxygen atoms in total. The lowest BCUT2D eigenvalue weighted by molar-refractivity contribution is -0.468. The number of hydrogen-bond donors (Lipinski definition) is 0. The van der Waals surface area contributed by atoms with Crippen molar-refractivity contribution in [2.24, 2.45) is 0 Å². The normalized spacial score (nSPS) is 14.3. The Morgan fingerprint density at radius 3 is 0.718 bits per heavy atom. The number of ether oxygens (including phenoxy) is 1. The van der Waals surface area contributed by atoms with Gasteiger partial charge in [0.15, 0.2) is 0 Å². The second-order valence-electron chi connectivity index (χ2n) is 9.72. The lowest BCUT2D eigenvalue weighted by Crippen LogP contribution is -2.53. The minimum atomic E-state index is -5.89. The number of unbranched alkanes of at least 4 members (excludes halogenated alkanes) is 12. The summed E-state index contributed by atoms with van der Waals surface area (Å²) in [5.41, 5.74) is 0. The zero-order valence-electron chi connectivity index (χ0n) is 21.4. The molecule has 0 saturated heterocycles. The molecule has 0 amide bonds. The lowest BCUT2D eigenvalue weighted by Gasteiger charge is -2.33. The van der Waals surface area contributed by atoms with Crippen LogP contribution >= 0.6 is 0 Å². The molecule has 0 heterocycles. The number of halogens is 14. The summed E-state index contributed by atoms with van der Waals surface area (Å²) in [5.74, 6) is -10.4. The smallest absolute Gasteiger partial charge is 0.246 e. The van der Waals surface area contributed by atoms with Gasteiger partial charge in [0.1, 0.15) is 0 Å². The van der Waals surface area contributed by atoms with E-state index in [1.807, 2.05) is 0 Å². The first-order chi connectivity index (χ1) is 17.6. The van der Waals surface area contributed by atoms with Gasteiger partial charge in [-0.15, -0.1) is 0 Å². The number of alkyl halides is 14. The van der Waals surface area contributed by atoms with E-state index in [0.29, 0.717) is 25.7 Å². The molecule has 236 valence electrons. The summed E-state index contributed by atoms with van der Waals surface area (Å²) in [6.07, 6.45) is -24.7. The zero-order valence-corrected chi connectivity index (χ0v) is 21.4. The van der Waals surface area contributed by atoms with Crippen LogP contribution in [0.25, 0.3) is 0 Å². The molecule has 0 aromatic heterocycles. The Morgan fingerprint density at radius 1 is 0.282 bits per heavy atom. The first-order valence-electron chi connectivity index (χ1n) is 13.0. The van der Waals surface area contributed by atoms with E-state index in [-0.39, 0.29) is 51.4 Å². The quantitative estimate of drug-likeness (QED) is 0.0880. The predicted molar refractivity (Wildman–Crippen MR) is 116 cm³/mol. The summed E-state index contributed by atoms with van der Waals surface area (Å²) in [6, 6.07) is 0. The number of hydrogen-bond acceptors (Lipinski definition) is 1. The van der Waals surface area contributed by atoms with Crippen LogP contribution in [-0.4, -0.2) is 36.4 Å². The molecule has 0 rings (SSSR count). The Kier molecular flexibility index (Phi) is 16.0. The van der Waals surface area contributed by atoms with Crippen molar-refractivity contribution in [2.45, 2.75) is 152 Å². The summed E-state index contributed by atoms with van der Waals surface area (Å²) in [4.78, 5) is 0. The molecule has 0 unspecified atom stereocenters. The molecule has 0 N–H and O–H groups in total. The van der Waals surface area contributed by atoms with Gasteiger partial charge in [-0.25, -0.2) is 4.74 Å². The Morgan fingerprint density at radius 2 is 0.487 bits per heavy atom. The minimum absolute atomic E-state index is 0.0557. The van der Waals surface area contributed by atoms with Crippen LogP contribution in [0.1, 0.15) is 116 Å². The third kappa shape index (κ3) is 17.4. The largest absolute Gasteiger partial charge is 0.423 e. The Hall–Kier alpha value is -1.02. The van der Waals surface area contributed by atoms with E-state index in [0.717, 1.165) is 0 Å². The molecule has 0 aromatic rings. The van der Waals surface area contributed by atoms with Crippen LogP contribution in [0.5, 0.6) is 0 Å². The minimum Gasteiger partial charge on any atom is -0.246 e. The maximum absolute atomic E-state index is 13.8. The summed E-state index contributed by atoms with van der Waals surface area (Å²) in [5, 5.41) is 0. The van der Waals surface area contributed by atoms with E-state index in [1.165, 1.54) is 0 Å². The van der Waals surface area contributed by atoms with E-state index >= 15 is 0 Å². The van der Waals surface area contributed by atoms with E-state index < -0.39 is 74.9 Å². The highest BCUT2D eigenvalue weighted by molar-refractivity contribution is 4.84. The molecular weight excluding hydrogens is 570 g/mol. The third-order valence-electron chi connectivity index (χ3n) is 6.01. The van der Waals surface area contributed by atoms with Gasteiger partial charge in [-0.05, 0) is 25.7 Å². The molecule has 0 fully saturated rings.